The van der Waals surface area contributed by atoms with Gasteiger partial charge in [0.2, 0.25) is 0 Å². The van der Waals surface area contributed by atoms with Crippen molar-refractivity contribution in [1.29, 1.82) is 0 Å². The van der Waals surface area contributed by atoms with Gasteiger partial charge in [-0.3, -0.25) is 14.9 Å². The fourth-order valence-corrected chi connectivity index (χ4v) is 4.24. The van der Waals surface area contributed by atoms with E-state index in [1.165, 1.54) is 0 Å². The van der Waals surface area contributed by atoms with Crippen LogP contribution in [0.25, 0.3) is 0 Å². The van der Waals surface area contributed by atoms with Gasteiger partial charge in [-0.25, -0.2) is 0 Å². The van der Waals surface area contributed by atoms with Gasteiger partial charge in [0.25, 0.3) is 5.91 Å². The lowest BCUT2D eigenvalue weighted by Gasteiger charge is -2.43. The number of amides is 1. The van der Waals surface area contributed by atoms with Gasteiger partial charge >= 0.3 is 5.97 Å². The molecule has 2 atom stereocenters. The Balaban J connectivity index is 1.87. The zero-order valence-corrected chi connectivity index (χ0v) is 17.7. The van der Waals surface area contributed by atoms with Crippen molar-refractivity contribution in [3.63, 3.8) is 0 Å². The van der Waals surface area contributed by atoms with Crippen LogP contribution in [0.4, 0.5) is 0 Å². The molecule has 2 aromatic rings. The van der Waals surface area contributed by atoms with Gasteiger partial charge < -0.3 is 10.1 Å². The molecule has 0 fully saturated rings. The van der Waals surface area contributed by atoms with E-state index in [-0.39, 0.29) is 22.4 Å². The topological polar surface area (TPSA) is 67.4 Å². The Morgan fingerprint density at radius 2 is 1.76 bits per heavy atom. The fraction of sp³-hybridized carbons (Fsp3) is 0.348. The van der Waals surface area contributed by atoms with E-state index >= 15 is 0 Å². The third-order valence-corrected chi connectivity index (χ3v) is 5.52. The van der Waals surface area contributed by atoms with Gasteiger partial charge in [-0.05, 0) is 54.2 Å². The van der Waals surface area contributed by atoms with Crippen LogP contribution in [-0.2, 0) is 16.0 Å². The molecule has 1 amide bonds. The van der Waals surface area contributed by atoms with Crippen molar-refractivity contribution in [3.8, 4) is 0 Å². The first kappa shape index (κ1) is 21.0. The lowest BCUT2D eigenvalue weighted by atomic mass is 9.64. The Bertz CT molecular complexity index is 911. The van der Waals surface area contributed by atoms with Crippen LogP contribution in [0.3, 0.4) is 0 Å². The number of hydrogen-bond acceptors (Lipinski definition) is 4. The maximum Gasteiger partial charge on any atom is 0.311 e. The van der Waals surface area contributed by atoms with E-state index in [1.807, 2.05) is 24.3 Å². The number of esters is 1. The Hall–Kier alpha value is -2.73. The number of fused-ring (bicyclic) bond motifs is 1. The summed E-state index contributed by atoms with van der Waals surface area (Å²) in [4.78, 5) is 25.3. The van der Waals surface area contributed by atoms with Crippen molar-refractivity contribution >= 4 is 29.2 Å². The van der Waals surface area contributed by atoms with Gasteiger partial charge in [0, 0.05) is 5.56 Å². The average Bonchev–Trinajstić information content (AvgIpc) is 2.68. The molecule has 0 aliphatic heterocycles. The molecule has 0 unspecified atom stereocenters. The molecule has 6 heteroatoms. The smallest absolute Gasteiger partial charge is 0.311 e. The van der Waals surface area contributed by atoms with Crippen LogP contribution in [0.1, 0.15) is 48.3 Å². The maximum absolute atomic E-state index is 12.9. The summed E-state index contributed by atoms with van der Waals surface area (Å²) < 4.78 is 5.38. The minimum atomic E-state index is -0.441. The minimum absolute atomic E-state index is 0.186. The molecule has 0 aromatic heterocycles. The number of rotatable bonds is 4. The second-order valence-corrected chi connectivity index (χ2v) is 8.27. The molecule has 29 heavy (non-hydrogen) atoms. The number of ether oxygens (including phenoxy) is 1. The Labute approximate surface area is 176 Å². The Morgan fingerprint density at radius 1 is 1.10 bits per heavy atom. The number of carbonyl (C=O) groups is 2. The molecule has 0 heterocycles. The van der Waals surface area contributed by atoms with Crippen molar-refractivity contribution in [2.75, 3.05) is 6.61 Å². The van der Waals surface area contributed by atoms with Gasteiger partial charge in [-0.15, -0.1) is 0 Å². The summed E-state index contributed by atoms with van der Waals surface area (Å²) in [6.07, 6.45) is 0.758. The van der Waals surface area contributed by atoms with Gasteiger partial charge in [-0.1, -0.05) is 56.3 Å². The Morgan fingerprint density at radius 3 is 2.45 bits per heavy atom. The molecule has 0 saturated carbocycles. The highest BCUT2D eigenvalue weighted by molar-refractivity contribution is 7.80. The summed E-state index contributed by atoms with van der Waals surface area (Å²) in [6, 6.07) is 16.5. The second-order valence-electron chi connectivity index (χ2n) is 7.87. The predicted octanol–water partition coefficient (Wildman–Crippen LogP) is 3.79. The monoisotopic (exact) mass is 410 g/mol. The molecule has 0 bridgehead atoms. The van der Waals surface area contributed by atoms with E-state index < -0.39 is 12.0 Å². The molecule has 0 radical (unpaired) electrons. The number of carbonyl (C=O) groups excluding carboxylic acids is 2. The first-order chi connectivity index (χ1) is 13.8. The van der Waals surface area contributed by atoms with Crippen molar-refractivity contribution in [3.05, 3.63) is 71.3 Å². The zero-order valence-electron chi connectivity index (χ0n) is 16.9. The summed E-state index contributed by atoms with van der Waals surface area (Å²) in [5.74, 6) is -0.996. The van der Waals surface area contributed by atoms with E-state index in [9.17, 15) is 9.59 Å². The van der Waals surface area contributed by atoms with E-state index in [1.54, 1.807) is 31.2 Å². The minimum Gasteiger partial charge on any atom is -0.466 e. The van der Waals surface area contributed by atoms with E-state index in [0.29, 0.717) is 12.2 Å². The lowest BCUT2D eigenvalue weighted by molar-refractivity contribution is -0.154. The van der Waals surface area contributed by atoms with Crippen LogP contribution in [0.15, 0.2) is 54.6 Å². The fourth-order valence-electron chi connectivity index (χ4n) is 4.02. The molecular weight excluding hydrogens is 384 g/mol. The SMILES string of the molecule is CCOC(=O)[C@@H]1[C@H](NC(=S)NC(=O)c2ccccc2)c2ccccc2CC1(C)C. The van der Waals surface area contributed by atoms with Crippen molar-refractivity contribution in [2.24, 2.45) is 11.3 Å². The van der Waals surface area contributed by atoms with Crippen LogP contribution in [0.2, 0.25) is 0 Å². The third kappa shape index (κ3) is 4.65. The molecule has 1 aliphatic carbocycles. The molecule has 0 spiro atoms. The van der Waals surface area contributed by atoms with Gasteiger partial charge in [0.15, 0.2) is 5.11 Å². The summed E-state index contributed by atoms with van der Waals surface area (Å²) >= 11 is 5.42. The van der Waals surface area contributed by atoms with Crippen molar-refractivity contribution < 1.29 is 14.3 Å². The first-order valence-electron chi connectivity index (χ1n) is 9.75. The van der Waals surface area contributed by atoms with E-state index in [0.717, 1.165) is 17.5 Å². The van der Waals surface area contributed by atoms with Crippen LogP contribution >= 0.6 is 12.2 Å². The quantitative estimate of drug-likeness (QED) is 0.593. The van der Waals surface area contributed by atoms with Crippen molar-refractivity contribution in [1.82, 2.24) is 10.6 Å². The molecule has 5 nitrogen and oxygen atoms in total. The third-order valence-electron chi connectivity index (χ3n) is 5.30. The largest absolute Gasteiger partial charge is 0.466 e. The van der Waals surface area contributed by atoms with Gasteiger partial charge in [0.1, 0.15) is 0 Å². The van der Waals surface area contributed by atoms with Gasteiger partial charge in [-0.2, -0.15) is 0 Å². The summed E-state index contributed by atoms with van der Waals surface area (Å²) in [7, 11) is 0. The zero-order chi connectivity index (χ0) is 21.0. The maximum atomic E-state index is 12.9. The normalized spacial score (nSPS) is 19.6. The summed E-state index contributed by atoms with van der Waals surface area (Å²) in [5.41, 5.74) is 2.34. The summed E-state index contributed by atoms with van der Waals surface area (Å²) in [6.45, 7) is 6.24. The van der Waals surface area contributed by atoms with Crippen LogP contribution in [0.5, 0.6) is 0 Å². The second kappa shape index (κ2) is 8.74. The van der Waals surface area contributed by atoms with Crippen LogP contribution in [-0.4, -0.2) is 23.6 Å². The predicted molar refractivity (Wildman–Crippen MR) is 116 cm³/mol. The molecule has 2 aromatic carbocycles. The van der Waals surface area contributed by atoms with E-state index in [4.69, 9.17) is 17.0 Å². The van der Waals surface area contributed by atoms with Crippen LogP contribution in [0, 0.1) is 11.3 Å². The highest BCUT2D eigenvalue weighted by atomic mass is 32.1. The molecule has 3 rings (SSSR count). The number of thiocarbonyl (C=S) groups is 1. The van der Waals surface area contributed by atoms with Gasteiger partial charge in [0.05, 0.1) is 18.6 Å². The highest BCUT2D eigenvalue weighted by Gasteiger charge is 2.47. The summed E-state index contributed by atoms with van der Waals surface area (Å²) in [5, 5.41) is 6.13. The standard InChI is InChI=1S/C23H26N2O3S/c1-4-28-21(27)18-19(17-13-9-8-12-16(17)14-23(18,2)3)24-22(29)25-20(26)15-10-6-5-7-11-15/h5-13,18-19H,4,14H2,1-3H3,(H2,24,25,26,29)/t18-,19+/m0/s1. The molecular formula is C23H26N2O3S. The number of hydrogen-bond donors (Lipinski definition) is 2. The number of benzene rings is 2. The lowest BCUT2D eigenvalue weighted by Crippen LogP contribution is -2.51. The average molecular weight is 411 g/mol. The molecule has 152 valence electrons. The Kier molecular flexibility index (Phi) is 6.33. The molecule has 0 saturated heterocycles. The van der Waals surface area contributed by atoms with E-state index in [2.05, 4.69) is 30.5 Å². The van der Waals surface area contributed by atoms with Crippen LogP contribution < -0.4 is 10.6 Å². The highest BCUT2D eigenvalue weighted by Crippen LogP contribution is 2.46. The molecule has 1 aliphatic rings. The van der Waals surface area contributed by atoms with Crippen molar-refractivity contribution in [2.45, 2.75) is 33.2 Å². The number of nitrogens with one attached hydrogen (secondary N) is 2. The first-order valence-corrected chi connectivity index (χ1v) is 10.2. The molecule has 2 N–H and O–H groups in total.